The van der Waals surface area contributed by atoms with Crippen molar-refractivity contribution in [3.63, 3.8) is 0 Å². The van der Waals surface area contributed by atoms with Gasteiger partial charge in [0.1, 0.15) is 5.75 Å². The third kappa shape index (κ3) is 2.80. The van der Waals surface area contributed by atoms with Crippen LogP contribution < -0.4 is 5.32 Å². The number of phenolic OH excluding ortho intramolecular Hbond substituents is 1. The maximum atomic E-state index is 9.83. The molecular weight excluding hydrogens is 278 g/mol. The Bertz CT molecular complexity index is 763. The first-order valence-corrected chi connectivity index (χ1v) is 7.96. The second kappa shape index (κ2) is 5.88. The molecule has 0 spiro atoms. The Kier molecular flexibility index (Phi) is 3.95. The number of nitrogens with one attached hydrogen (secondary N) is 1. The lowest BCUT2D eigenvalue weighted by Gasteiger charge is -2.14. The van der Waals surface area contributed by atoms with Gasteiger partial charge in [-0.05, 0) is 36.9 Å². The number of benzene rings is 2. The van der Waals surface area contributed by atoms with E-state index in [0.29, 0.717) is 12.3 Å². The Morgan fingerprint density at radius 1 is 1.10 bits per heavy atom. The molecule has 3 rings (SSSR count). The Morgan fingerprint density at radius 2 is 1.81 bits per heavy atom. The Morgan fingerprint density at radius 3 is 2.57 bits per heavy atom. The third-order valence-corrected chi connectivity index (χ3v) is 5.32. The Labute approximate surface area is 129 Å². The van der Waals surface area contributed by atoms with Gasteiger partial charge in [0.2, 0.25) is 0 Å². The molecule has 0 amide bonds. The summed E-state index contributed by atoms with van der Waals surface area (Å²) in [4.78, 5) is 1.37. The predicted octanol–water partition coefficient (Wildman–Crippen LogP) is 4.77. The highest BCUT2D eigenvalue weighted by atomic mass is 32.1. The van der Waals surface area contributed by atoms with Crippen LogP contribution in [0.15, 0.2) is 48.5 Å². The van der Waals surface area contributed by atoms with Crippen LogP contribution in [0.5, 0.6) is 5.75 Å². The summed E-state index contributed by atoms with van der Waals surface area (Å²) in [6.45, 7) is 5.03. The van der Waals surface area contributed by atoms with Crippen LogP contribution in [0.4, 0.5) is 0 Å². The molecule has 21 heavy (non-hydrogen) atoms. The maximum Gasteiger partial charge on any atom is 0.120 e. The van der Waals surface area contributed by atoms with Gasteiger partial charge in [0.15, 0.2) is 0 Å². The second-order valence-corrected chi connectivity index (χ2v) is 6.40. The predicted molar refractivity (Wildman–Crippen MR) is 89.9 cm³/mol. The molecule has 0 radical (unpaired) electrons. The van der Waals surface area contributed by atoms with Gasteiger partial charge in [0.05, 0.1) is 0 Å². The van der Waals surface area contributed by atoms with E-state index in [0.717, 1.165) is 5.56 Å². The summed E-state index contributed by atoms with van der Waals surface area (Å²) in [5.41, 5.74) is 2.29. The molecule has 0 aliphatic heterocycles. The first-order valence-electron chi connectivity index (χ1n) is 7.15. The van der Waals surface area contributed by atoms with Gasteiger partial charge in [-0.1, -0.05) is 36.4 Å². The molecule has 1 atom stereocenters. The number of hydrogen-bond acceptors (Lipinski definition) is 3. The number of aromatic hydroxyl groups is 1. The summed E-state index contributed by atoms with van der Waals surface area (Å²) in [6.07, 6.45) is 0. The quantitative estimate of drug-likeness (QED) is 0.727. The lowest BCUT2D eigenvalue weighted by Crippen LogP contribution is -2.17. The summed E-state index contributed by atoms with van der Waals surface area (Å²) in [5.74, 6) is 0.352. The molecule has 0 bridgehead atoms. The smallest absolute Gasteiger partial charge is 0.120 e. The van der Waals surface area contributed by atoms with Crippen molar-refractivity contribution in [2.75, 3.05) is 0 Å². The van der Waals surface area contributed by atoms with Crippen molar-refractivity contribution in [3.05, 3.63) is 64.5 Å². The summed E-state index contributed by atoms with van der Waals surface area (Å²) in [7, 11) is 0. The lowest BCUT2D eigenvalue weighted by molar-refractivity contribution is 0.460. The van der Waals surface area contributed by atoms with E-state index < -0.39 is 0 Å². The zero-order chi connectivity index (χ0) is 14.8. The lowest BCUT2D eigenvalue weighted by atomic mass is 10.1. The van der Waals surface area contributed by atoms with E-state index >= 15 is 0 Å². The van der Waals surface area contributed by atoms with Crippen LogP contribution in [0.1, 0.15) is 29.0 Å². The number of rotatable bonds is 4. The standard InChI is InChI=1S/C18H19NOS/c1-12-15-8-4-6-10-17(15)21-18(12)13(2)19-11-14-7-3-5-9-16(14)20/h3-10,13,19-20H,11H2,1-2H3. The van der Waals surface area contributed by atoms with Crippen LogP contribution in [-0.4, -0.2) is 5.11 Å². The van der Waals surface area contributed by atoms with Gasteiger partial charge in [-0.25, -0.2) is 0 Å². The van der Waals surface area contributed by atoms with Crippen molar-refractivity contribution in [2.45, 2.75) is 26.4 Å². The number of aryl methyl sites for hydroxylation is 1. The molecule has 0 saturated carbocycles. The number of para-hydroxylation sites is 1. The molecule has 108 valence electrons. The molecule has 2 nitrogen and oxygen atoms in total. The van der Waals surface area contributed by atoms with Gasteiger partial charge >= 0.3 is 0 Å². The first kappa shape index (κ1) is 14.1. The molecule has 0 aliphatic rings. The minimum absolute atomic E-state index is 0.266. The molecule has 2 N–H and O–H groups in total. The zero-order valence-corrected chi connectivity index (χ0v) is 13.1. The second-order valence-electron chi connectivity index (χ2n) is 5.32. The Hall–Kier alpha value is -1.84. The molecule has 3 heteroatoms. The van der Waals surface area contributed by atoms with E-state index in [1.807, 2.05) is 29.5 Å². The van der Waals surface area contributed by atoms with E-state index in [2.05, 4.69) is 43.4 Å². The molecular formula is C18H19NOS. The van der Waals surface area contributed by atoms with Crippen molar-refractivity contribution >= 4 is 21.4 Å². The highest BCUT2D eigenvalue weighted by Crippen LogP contribution is 2.34. The molecule has 2 aromatic carbocycles. The number of hydrogen-bond donors (Lipinski definition) is 2. The van der Waals surface area contributed by atoms with Crippen LogP contribution in [-0.2, 0) is 6.54 Å². The summed E-state index contributed by atoms with van der Waals surface area (Å²) in [5, 5.41) is 14.7. The van der Waals surface area contributed by atoms with Crippen molar-refractivity contribution in [2.24, 2.45) is 0 Å². The molecule has 0 fully saturated rings. The van der Waals surface area contributed by atoms with Gasteiger partial charge < -0.3 is 10.4 Å². The van der Waals surface area contributed by atoms with Crippen molar-refractivity contribution in [1.82, 2.24) is 5.32 Å². The fraction of sp³-hybridized carbons (Fsp3) is 0.222. The van der Waals surface area contributed by atoms with Crippen LogP contribution >= 0.6 is 11.3 Å². The van der Waals surface area contributed by atoms with E-state index in [-0.39, 0.29) is 6.04 Å². The van der Waals surface area contributed by atoms with E-state index in [9.17, 15) is 5.11 Å². The van der Waals surface area contributed by atoms with Crippen molar-refractivity contribution in [1.29, 1.82) is 0 Å². The number of fused-ring (bicyclic) bond motifs is 1. The SMILES string of the molecule is Cc1c(C(C)NCc2ccccc2O)sc2ccccc12. The minimum Gasteiger partial charge on any atom is -0.508 e. The molecule has 0 saturated heterocycles. The fourth-order valence-electron chi connectivity index (χ4n) is 2.62. The fourth-order valence-corrected chi connectivity index (χ4v) is 3.86. The zero-order valence-electron chi connectivity index (χ0n) is 12.3. The van der Waals surface area contributed by atoms with Crippen LogP contribution in [0, 0.1) is 6.92 Å². The number of phenols is 1. The number of thiophene rings is 1. The largest absolute Gasteiger partial charge is 0.508 e. The summed E-state index contributed by atoms with van der Waals surface area (Å²) in [6, 6.07) is 16.3. The average molecular weight is 297 g/mol. The highest BCUT2D eigenvalue weighted by molar-refractivity contribution is 7.19. The Balaban J connectivity index is 1.80. The van der Waals surface area contributed by atoms with E-state index in [4.69, 9.17) is 0 Å². The van der Waals surface area contributed by atoms with Crippen molar-refractivity contribution < 1.29 is 5.11 Å². The summed E-state index contributed by atoms with van der Waals surface area (Å²) < 4.78 is 1.33. The van der Waals surface area contributed by atoms with Crippen molar-refractivity contribution in [3.8, 4) is 5.75 Å². The molecule has 0 aliphatic carbocycles. The van der Waals surface area contributed by atoms with E-state index in [1.54, 1.807) is 6.07 Å². The minimum atomic E-state index is 0.266. The normalized spacial score (nSPS) is 12.7. The molecule has 1 aromatic heterocycles. The van der Waals surface area contributed by atoms with Crippen LogP contribution in [0.25, 0.3) is 10.1 Å². The van der Waals surface area contributed by atoms with Gasteiger partial charge in [-0.2, -0.15) is 0 Å². The highest BCUT2D eigenvalue weighted by Gasteiger charge is 2.14. The average Bonchev–Trinajstić information content (AvgIpc) is 2.84. The van der Waals surface area contributed by atoms with Gasteiger partial charge in [-0.3, -0.25) is 0 Å². The topological polar surface area (TPSA) is 32.3 Å². The maximum absolute atomic E-state index is 9.83. The monoisotopic (exact) mass is 297 g/mol. The summed E-state index contributed by atoms with van der Waals surface area (Å²) >= 11 is 1.85. The molecule has 1 heterocycles. The van der Waals surface area contributed by atoms with E-state index in [1.165, 1.54) is 20.5 Å². The van der Waals surface area contributed by atoms with Gasteiger partial charge in [0.25, 0.3) is 0 Å². The van der Waals surface area contributed by atoms with Gasteiger partial charge in [-0.15, -0.1) is 11.3 Å². The van der Waals surface area contributed by atoms with Crippen LogP contribution in [0.3, 0.4) is 0 Å². The van der Waals surface area contributed by atoms with Crippen LogP contribution in [0.2, 0.25) is 0 Å². The molecule has 3 aromatic rings. The third-order valence-electron chi connectivity index (χ3n) is 3.86. The van der Waals surface area contributed by atoms with Gasteiger partial charge in [0, 0.05) is 27.7 Å². The first-order chi connectivity index (χ1) is 10.2. The molecule has 1 unspecified atom stereocenters.